The lowest BCUT2D eigenvalue weighted by Gasteiger charge is -2.47. The fourth-order valence-corrected chi connectivity index (χ4v) is 8.70. The molecule has 5 rings (SSSR count). The molecule has 3 aliphatic heterocycles. The molecule has 0 spiro atoms. The van der Waals surface area contributed by atoms with E-state index < -0.39 is 108 Å². The van der Waals surface area contributed by atoms with E-state index in [0.29, 0.717) is 6.42 Å². The number of pyridine rings is 1. The van der Waals surface area contributed by atoms with Gasteiger partial charge >= 0.3 is 12.1 Å². The molecular weight excluding hydrogens is 744 g/mol. The summed E-state index contributed by atoms with van der Waals surface area (Å²) in [5.41, 5.74) is -5.08. The van der Waals surface area contributed by atoms with E-state index in [2.05, 4.69) is 10.3 Å². The van der Waals surface area contributed by atoms with Crippen LogP contribution in [-0.2, 0) is 38.1 Å². The van der Waals surface area contributed by atoms with Crippen LogP contribution in [0.3, 0.4) is 0 Å². The molecule has 15 heteroatoms. The van der Waals surface area contributed by atoms with Crippen LogP contribution in [-0.4, -0.2) is 126 Å². The molecule has 13 nitrogen and oxygen atoms in total. The van der Waals surface area contributed by atoms with E-state index in [1.165, 1.54) is 13.8 Å². The molecule has 2 N–H and O–H groups in total. The first-order valence-corrected chi connectivity index (χ1v) is 19.6. The first-order chi connectivity index (χ1) is 26.7. The standard InChI is InChI=1S/C42H57F2N3O10/c1-23-22-40(5,53-19-11-12-27-14-15-28-13-10-18-45-29(28)21-27)36(56-37-33(49)30(47(8)9)20-24(2)54-37)26(4)35(50)41(6,44)38(51)55-31(16-17-43)42(7)34(25(3)32(23)48)46-39(52)57-42/h10-15,18,21,23-26,30-31,33-34,36-37,49H,16-17,19-20,22H2,1-9H3,(H,46,52)/b12-11+/t23-,24+,25+,26+,30-,31-,33+,34+,36-,37-,40-,41+,42-/m1/s1. The minimum Gasteiger partial charge on any atom is -0.455 e. The number of aromatic nitrogens is 1. The molecule has 1 aromatic heterocycles. The minimum absolute atomic E-state index is 0.0662. The highest BCUT2D eigenvalue weighted by atomic mass is 19.1. The second-order valence-electron chi connectivity index (χ2n) is 16.6. The number of alkyl halides is 2. The Morgan fingerprint density at radius 2 is 1.79 bits per heavy atom. The monoisotopic (exact) mass is 801 g/mol. The fourth-order valence-electron chi connectivity index (χ4n) is 8.70. The number of esters is 1. The molecule has 3 aliphatic rings. The van der Waals surface area contributed by atoms with Crippen molar-refractivity contribution in [2.24, 2.45) is 17.8 Å². The summed E-state index contributed by atoms with van der Waals surface area (Å²) in [5.74, 6) is -6.53. The van der Waals surface area contributed by atoms with Crippen molar-refractivity contribution in [2.75, 3.05) is 27.4 Å². The predicted molar refractivity (Wildman–Crippen MR) is 206 cm³/mol. The molecular formula is C42H57F2N3O10. The van der Waals surface area contributed by atoms with Gasteiger partial charge in [0, 0.05) is 41.8 Å². The van der Waals surface area contributed by atoms with Gasteiger partial charge in [-0.25, -0.2) is 14.0 Å². The van der Waals surface area contributed by atoms with Gasteiger partial charge in [-0.05, 0) is 72.3 Å². The number of hydrogen-bond acceptors (Lipinski definition) is 12. The van der Waals surface area contributed by atoms with Gasteiger partial charge in [0.2, 0.25) is 0 Å². The molecule has 314 valence electrons. The average molecular weight is 802 g/mol. The average Bonchev–Trinajstić information content (AvgIpc) is 3.48. The molecule has 4 heterocycles. The van der Waals surface area contributed by atoms with Crippen molar-refractivity contribution < 1.29 is 56.7 Å². The smallest absolute Gasteiger partial charge is 0.408 e. The van der Waals surface area contributed by atoms with Crippen molar-refractivity contribution in [3.05, 3.63) is 48.2 Å². The van der Waals surface area contributed by atoms with E-state index in [1.54, 1.807) is 47.1 Å². The molecule has 13 atom stereocenters. The second-order valence-corrected chi connectivity index (χ2v) is 16.6. The number of amides is 1. The lowest BCUT2D eigenvalue weighted by atomic mass is 9.73. The first-order valence-electron chi connectivity index (χ1n) is 19.6. The maximum atomic E-state index is 16.9. The number of Topliss-reactive ketones (excluding diaryl/α,β-unsaturated/α-hetero) is 2. The van der Waals surface area contributed by atoms with Crippen molar-refractivity contribution in [3.8, 4) is 0 Å². The molecule has 1 amide bonds. The number of aliphatic hydroxyl groups is 1. The number of alkyl carbamates (subject to hydrolysis) is 1. The second kappa shape index (κ2) is 17.5. The number of rotatable bonds is 9. The number of hydrogen-bond donors (Lipinski definition) is 2. The summed E-state index contributed by atoms with van der Waals surface area (Å²) in [6.07, 6.45) is -1.72. The van der Waals surface area contributed by atoms with Crippen LogP contribution in [0.25, 0.3) is 17.0 Å². The summed E-state index contributed by atoms with van der Waals surface area (Å²) in [6.45, 7) is 9.09. The summed E-state index contributed by atoms with van der Waals surface area (Å²) in [4.78, 5) is 61.5. The Hall–Kier alpha value is -3.89. The molecule has 3 fully saturated rings. The van der Waals surface area contributed by atoms with Gasteiger partial charge in [-0.1, -0.05) is 51.1 Å². The van der Waals surface area contributed by atoms with E-state index in [-0.39, 0.29) is 18.8 Å². The quantitative estimate of drug-likeness (QED) is 0.254. The largest absolute Gasteiger partial charge is 0.455 e. The third-order valence-corrected chi connectivity index (χ3v) is 11.9. The zero-order chi connectivity index (χ0) is 42.0. The summed E-state index contributed by atoms with van der Waals surface area (Å²) < 4.78 is 61.3. The van der Waals surface area contributed by atoms with Crippen molar-refractivity contribution in [1.82, 2.24) is 15.2 Å². The Balaban J connectivity index is 1.59. The SMILES string of the molecule is C[C@@H]1C[C@@](C)(OC/C=C/c2ccc3cccnc3c2)[C@H](O[C@H]2O[C@@H](C)C[C@@H](N(C)C)[C@@H]2O)[C@@H](C)C(=O)[C@](C)(F)C(=O)O[C@H](CCF)[C@@]2(C)OC(=O)N[C@H]2[C@@H](C)C1=O. The number of aliphatic hydroxyl groups excluding tert-OH is 1. The normalized spacial score (nSPS) is 38.5. The van der Waals surface area contributed by atoms with Gasteiger partial charge in [0.05, 0.1) is 42.6 Å². The highest BCUT2D eigenvalue weighted by molar-refractivity contribution is 6.08. The summed E-state index contributed by atoms with van der Waals surface area (Å²) >= 11 is 0. The van der Waals surface area contributed by atoms with Gasteiger partial charge in [-0.15, -0.1) is 0 Å². The van der Waals surface area contributed by atoms with Crippen LogP contribution in [0.4, 0.5) is 13.6 Å². The number of benzene rings is 1. The van der Waals surface area contributed by atoms with E-state index in [9.17, 15) is 28.7 Å². The maximum Gasteiger partial charge on any atom is 0.408 e. The van der Waals surface area contributed by atoms with Crippen LogP contribution in [0, 0.1) is 17.8 Å². The topological polar surface area (TPSA) is 163 Å². The van der Waals surface area contributed by atoms with Gasteiger partial charge in [0.25, 0.3) is 5.67 Å². The summed E-state index contributed by atoms with van der Waals surface area (Å²) in [7, 11) is 3.60. The number of halogens is 2. The van der Waals surface area contributed by atoms with Crippen LogP contribution in [0.15, 0.2) is 42.6 Å². The third-order valence-electron chi connectivity index (χ3n) is 11.9. The summed E-state index contributed by atoms with van der Waals surface area (Å²) in [5, 5.41) is 15.1. The molecule has 57 heavy (non-hydrogen) atoms. The number of carbonyl (C=O) groups is 4. The number of likely N-dealkylation sites (N-methyl/N-ethyl adjacent to an activating group) is 1. The number of carbonyl (C=O) groups excluding carboxylic acids is 4. The first kappa shape index (κ1) is 44.2. The molecule has 0 unspecified atom stereocenters. The lowest BCUT2D eigenvalue weighted by Crippen LogP contribution is -2.61. The van der Waals surface area contributed by atoms with E-state index in [0.717, 1.165) is 23.4 Å². The molecule has 2 aromatic rings. The van der Waals surface area contributed by atoms with E-state index in [1.807, 2.05) is 48.2 Å². The number of nitrogens with one attached hydrogen (secondary N) is 1. The minimum atomic E-state index is -3.31. The Kier molecular flexibility index (Phi) is 13.6. The zero-order valence-electron chi connectivity index (χ0n) is 34.2. The molecule has 3 saturated heterocycles. The van der Waals surface area contributed by atoms with Gasteiger partial charge in [-0.2, -0.15) is 0 Å². The highest BCUT2D eigenvalue weighted by Gasteiger charge is 2.59. The van der Waals surface area contributed by atoms with Crippen molar-refractivity contribution in [2.45, 2.75) is 127 Å². The number of fused-ring (bicyclic) bond motifs is 2. The summed E-state index contributed by atoms with van der Waals surface area (Å²) in [6, 6.07) is 8.03. The van der Waals surface area contributed by atoms with Crippen molar-refractivity contribution in [1.29, 1.82) is 0 Å². The molecule has 1 aromatic carbocycles. The Labute approximate surface area is 332 Å². The molecule has 0 saturated carbocycles. The van der Waals surface area contributed by atoms with Crippen molar-refractivity contribution in [3.63, 3.8) is 0 Å². The van der Waals surface area contributed by atoms with Crippen LogP contribution in [0.1, 0.15) is 73.3 Å². The van der Waals surface area contributed by atoms with E-state index in [4.69, 9.17) is 23.7 Å². The number of nitrogens with zero attached hydrogens (tertiary/aromatic N) is 2. The van der Waals surface area contributed by atoms with Crippen LogP contribution in [0.2, 0.25) is 0 Å². The van der Waals surface area contributed by atoms with Gasteiger partial charge < -0.3 is 39.0 Å². The highest BCUT2D eigenvalue weighted by Crippen LogP contribution is 2.41. The molecule has 0 aliphatic carbocycles. The third kappa shape index (κ3) is 9.22. The fraction of sp³-hybridized carbons (Fsp3) is 0.643. The number of ether oxygens (including phenoxy) is 5. The number of cyclic esters (lactones) is 1. The zero-order valence-corrected chi connectivity index (χ0v) is 34.2. The van der Waals surface area contributed by atoms with Crippen LogP contribution in [0.5, 0.6) is 0 Å². The van der Waals surface area contributed by atoms with Crippen LogP contribution >= 0.6 is 0 Å². The maximum absolute atomic E-state index is 16.9. The molecule has 0 radical (unpaired) electrons. The number of ketones is 2. The van der Waals surface area contributed by atoms with Gasteiger partial charge in [0.15, 0.2) is 17.7 Å². The van der Waals surface area contributed by atoms with Gasteiger partial charge in [0.1, 0.15) is 18.0 Å². The Bertz CT molecular complexity index is 1830. The predicted octanol–water partition coefficient (Wildman–Crippen LogP) is 5.15. The Morgan fingerprint density at radius 3 is 2.47 bits per heavy atom. The lowest BCUT2D eigenvalue weighted by molar-refractivity contribution is -0.297. The van der Waals surface area contributed by atoms with Crippen molar-refractivity contribution >= 4 is 40.6 Å². The molecule has 0 bridgehead atoms. The van der Waals surface area contributed by atoms with E-state index >= 15 is 4.39 Å². The van der Waals surface area contributed by atoms with Crippen LogP contribution < -0.4 is 5.32 Å². The van der Waals surface area contributed by atoms with Gasteiger partial charge in [-0.3, -0.25) is 19.0 Å². The Morgan fingerprint density at radius 1 is 1.07 bits per heavy atom.